The average Bonchev–Trinajstić information content (AvgIpc) is 2.93. The van der Waals surface area contributed by atoms with Gasteiger partial charge in [-0.3, -0.25) is 0 Å². The number of rotatable bonds is 21. The smallest absolute Gasteiger partial charge is 0.185 e. The van der Waals surface area contributed by atoms with Crippen LogP contribution in [-0.2, 0) is 25.8 Å². The molecular weight excluding hydrogens is 494 g/mol. The summed E-state index contributed by atoms with van der Waals surface area (Å²) in [6.45, 7) is 7.78. The van der Waals surface area contributed by atoms with E-state index < -0.39 is 0 Å². The largest absolute Gasteiger partial charge is 1.00 e. The first-order chi connectivity index (χ1) is 18.8. The molecular formula is C37H56ClN. The summed E-state index contributed by atoms with van der Waals surface area (Å²) in [6, 6.07) is 13.5. The number of hydrogen-bond acceptors (Lipinski definition) is 0. The Hall–Kier alpha value is -2.12. The van der Waals surface area contributed by atoms with E-state index in [1.807, 2.05) is 0 Å². The quantitative estimate of drug-likeness (QED) is 0.0864. The maximum absolute atomic E-state index is 2.56. The van der Waals surface area contributed by atoms with E-state index in [0.717, 1.165) is 32.2 Å². The van der Waals surface area contributed by atoms with Crippen LogP contribution in [-0.4, -0.2) is 0 Å². The van der Waals surface area contributed by atoms with Crippen molar-refractivity contribution in [2.75, 3.05) is 0 Å². The highest BCUT2D eigenvalue weighted by molar-refractivity contribution is 5.26. The Morgan fingerprint density at radius 1 is 0.590 bits per heavy atom. The van der Waals surface area contributed by atoms with Gasteiger partial charge in [0.05, 0.1) is 0 Å². The molecule has 216 valence electrons. The van der Waals surface area contributed by atoms with Crippen molar-refractivity contribution in [2.24, 2.45) is 0 Å². The topological polar surface area (TPSA) is 3.88 Å². The van der Waals surface area contributed by atoms with Gasteiger partial charge in [0.15, 0.2) is 18.4 Å². The lowest BCUT2D eigenvalue weighted by Gasteiger charge is -2.11. The number of aromatic nitrogens is 1. The maximum atomic E-state index is 2.56. The van der Waals surface area contributed by atoms with E-state index in [1.165, 1.54) is 99.4 Å². The molecule has 2 rings (SSSR count). The zero-order valence-electron chi connectivity index (χ0n) is 25.4. The highest BCUT2D eigenvalue weighted by Gasteiger charge is 2.18. The first kappa shape index (κ1) is 34.9. The molecule has 0 saturated heterocycles. The number of benzene rings is 1. The number of hydrogen-bond donors (Lipinski definition) is 0. The SMILES string of the molecule is CCCCC/C=C/CCc1c(C/C=C/CCCCC)cc(C/C=C/CCCCC)c[n+]1Cc1ccccc1.[Cl-]. The predicted octanol–water partition coefficient (Wildman–Crippen LogP) is 7.45. The van der Waals surface area contributed by atoms with Crippen LogP contribution >= 0.6 is 0 Å². The van der Waals surface area contributed by atoms with Crippen molar-refractivity contribution >= 4 is 0 Å². The fourth-order valence-electron chi connectivity index (χ4n) is 4.98. The lowest BCUT2D eigenvalue weighted by molar-refractivity contribution is -0.696. The van der Waals surface area contributed by atoms with Crippen LogP contribution < -0.4 is 17.0 Å². The number of unbranched alkanes of at least 4 members (excludes halogenated alkanes) is 9. The minimum absolute atomic E-state index is 0. The van der Waals surface area contributed by atoms with E-state index in [9.17, 15) is 0 Å². The monoisotopic (exact) mass is 549 g/mol. The summed E-state index contributed by atoms with van der Waals surface area (Å²) in [4.78, 5) is 0. The van der Waals surface area contributed by atoms with Gasteiger partial charge in [-0.2, -0.15) is 4.57 Å². The summed E-state index contributed by atoms with van der Waals surface area (Å²) < 4.78 is 2.56. The first-order valence-corrected chi connectivity index (χ1v) is 15.8. The molecule has 0 N–H and O–H groups in total. The third-order valence-corrected chi connectivity index (χ3v) is 7.26. The minimum Gasteiger partial charge on any atom is -1.00 e. The van der Waals surface area contributed by atoms with Crippen LogP contribution in [0.25, 0.3) is 0 Å². The number of nitrogens with zero attached hydrogens (tertiary/aromatic N) is 1. The molecule has 0 aliphatic rings. The van der Waals surface area contributed by atoms with Crippen molar-refractivity contribution in [3.63, 3.8) is 0 Å². The van der Waals surface area contributed by atoms with Gasteiger partial charge in [0.1, 0.15) is 0 Å². The van der Waals surface area contributed by atoms with Gasteiger partial charge in [-0.1, -0.05) is 126 Å². The Kier molecular flexibility index (Phi) is 21.2. The van der Waals surface area contributed by atoms with E-state index >= 15 is 0 Å². The van der Waals surface area contributed by atoms with Crippen LogP contribution in [0, 0.1) is 0 Å². The maximum Gasteiger partial charge on any atom is 0.185 e. The molecule has 1 aromatic carbocycles. The zero-order valence-corrected chi connectivity index (χ0v) is 26.1. The molecule has 1 heterocycles. The van der Waals surface area contributed by atoms with Crippen molar-refractivity contribution in [3.05, 3.63) is 101 Å². The zero-order chi connectivity index (χ0) is 27.1. The molecule has 0 atom stereocenters. The van der Waals surface area contributed by atoms with Gasteiger partial charge in [-0.25, -0.2) is 0 Å². The molecule has 1 aromatic heterocycles. The van der Waals surface area contributed by atoms with Crippen molar-refractivity contribution in [1.29, 1.82) is 0 Å². The molecule has 0 bridgehead atoms. The molecule has 2 heteroatoms. The molecule has 0 unspecified atom stereocenters. The summed E-state index contributed by atoms with van der Waals surface area (Å²) >= 11 is 0. The number of halogens is 1. The third kappa shape index (κ3) is 15.9. The Bertz CT molecular complexity index is 941. The standard InChI is InChI=1S/C37H56N.ClH/c1-4-7-10-13-16-19-25-30-37-36(29-24-18-15-12-9-6-3)31-35(28-21-17-14-11-8-5-2)33-38(37)32-34-26-22-20-23-27-34;/h16-24,26-27,31,33H,4-15,25,28-30,32H2,1-3H3;1H/q+1;/p-1/b19-16+,21-17+,24-18+;. The highest BCUT2D eigenvalue weighted by atomic mass is 35.5. The van der Waals surface area contributed by atoms with Crippen LogP contribution in [0.2, 0.25) is 0 Å². The highest BCUT2D eigenvalue weighted by Crippen LogP contribution is 2.15. The van der Waals surface area contributed by atoms with E-state index in [1.54, 1.807) is 0 Å². The number of allylic oxidation sites excluding steroid dienone is 6. The van der Waals surface area contributed by atoms with E-state index in [2.05, 4.69) is 104 Å². The summed E-state index contributed by atoms with van der Waals surface area (Å²) in [6.07, 6.45) is 36.6. The van der Waals surface area contributed by atoms with E-state index in [4.69, 9.17) is 0 Å². The van der Waals surface area contributed by atoms with Crippen LogP contribution in [0.5, 0.6) is 0 Å². The molecule has 0 amide bonds. The fraction of sp³-hybridized carbons (Fsp3) is 0.541. The molecule has 39 heavy (non-hydrogen) atoms. The molecule has 0 fully saturated rings. The van der Waals surface area contributed by atoms with Gasteiger partial charge in [0.2, 0.25) is 0 Å². The molecule has 0 saturated carbocycles. The van der Waals surface area contributed by atoms with Gasteiger partial charge in [-0.05, 0) is 63.9 Å². The van der Waals surface area contributed by atoms with Gasteiger partial charge in [0, 0.05) is 23.1 Å². The minimum atomic E-state index is 0. The number of pyridine rings is 1. The van der Waals surface area contributed by atoms with Gasteiger partial charge in [-0.15, -0.1) is 0 Å². The molecule has 2 aromatic rings. The van der Waals surface area contributed by atoms with Crippen LogP contribution in [0.1, 0.15) is 127 Å². The Morgan fingerprint density at radius 2 is 1.13 bits per heavy atom. The first-order valence-electron chi connectivity index (χ1n) is 15.8. The van der Waals surface area contributed by atoms with Gasteiger partial charge in [0.25, 0.3) is 0 Å². The average molecular weight is 550 g/mol. The van der Waals surface area contributed by atoms with Gasteiger partial charge < -0.3 is 12.4 Å². The molecule has 0 radical (unpaired) electrons. The normalized spacial score (nSPS) is 11.7. The fourth-order valence-corrected chi connectivity index (χ4v) is 4.98. The van der Waals surface area contributed by atoms with Crippen molar-refractivity contribution in [3.8, 4) is 0 Å². The third-order valence-electron chi connectivity index (χ3n) is 7.26. The summed E-state index contributed by atoms with van der Waals surface area (Å²) in [5.74, 6) is 0. The van der Waals surface area contributed by atoms with Crippen molar-refractivity contribution < 1.29 is 17.0 Å². The summed E-state index contributed by atoms with van der Waals surface area (Å²) in [5, 5.41) is 0. The van der Waals surface area contributed by atoms with Crippen molar-refractivity contribution in [1.82, 2.24) is 0 Å². The second kappa shape index (κ2) is 23.7. The second-order valence-electron chi connectivity index (χ2n) is 10.8. The Balaban J connectivity index is 0.00000760. The Labute approximate surface area is 247 Å². The van der Waals surface area contributed by atoms with Crippen LogP contribution in [0.15, 0.2) is 79.1 Å². The molecule has 0 spiro atoms. The van der Waals surface area contributed by atoms with Crippen LogP contribution in [0.4, 0.5) is 0 Å². The second-order valence-corrected chi connectivity index (χ2v) is 10.8. The van der Waals surface area contributed by atoms with Crippen molar-refractivity contribution in [2.45, 2.75) is 130 Å². The van der Waals surface area contributed by atoms with E-state index in [0.29, 0.717) is 0 Å². The lowest BCUT2D eigenvalue weighted by atomic mass is 10.0. The van der Waals surface area contributed by atoms with Crippen LogP contribution in [0.3, 0.4) is 0 Å². The Morgan fingerprint density at radius 3 is 1.72 bits per heavy atom. The molecule has 1 nitrogen and oxygen atoms in total. The molecule has 0 aliphatic heterocycles. The summed E-state index contributed by atoms with van der Waals surface area (Å²) in [7, 11) is 0. The van der Waals surface area contributed by atoms with E-state index in [-0.39, 0.29) is 12.4 Å². The van der Waals surface area contributed by atoms with Gasteiger partial charge >= 0.3 is 0 Å². The molecule has 0 aliphatic carbocycles. The lowest BCUT2D eigenvalue weighted by Crippen LogP contribution is -3.00. The predicted molar refractivity (Wildman–Crippen MR) is 168 cm³/mol. The summed E-state index contributed by atoms with van der Waals surface area (Å²) in [5.41, 5.74) is 5.81.